The second-order valence-electron chi connectivity index (χ2n) is 8.44. The Balaban J connectivity index is 1.63. The summed E-state index contributed by atoms with van der Waals surface area (Å²) in [6, 6.07) is 26.0. The first-order valence-corrected chi connectivity index (χ1v) is 11.2. The third-order valence-electron chi connectivity index (χ3n) is 5.92. The molecule has 0 bridgehead atoms. The van der Waals surface area contributed by atoms with Gasteiger partial charge in [-0.15, -0.1) is 0 Å². The van der Waals surface area contributed by atoms with Gasteiger partial charge in [0.15, 0.2) is 0 Å². The molecule has 0 aliphatic rings. The van der Waals surface area contributed by atoms with Crippen LogP contribution in [-0.2, 0) is 19.4 Å². The molecule has 0 aliphatic heterocycles. The molecule has 0 aliphatic carbocycles. The Labute approximate surface area is 191 Å². The third-order valence-corrected chi connectivity index (χ3v) is 5.92. The van der Waals surface area contributed by atoms with E-state index in [0.717, 1.165) is 32.5 Å². The lowest BCUT2D eigenvalue weighted by Gasteiger charge is -2.32. The van der Waals surface area contributed by atoms with Crippen molar-refractivity contribution in [3.05, 3.63) is 95.6 Å². The minimum atomic E-state index is 0.293. The van der Waals surface area contributed by atoms with E-state index in [2.05, 4.69) is 46.8 Å². The van der Waals surface area contributed by atoms with Crippen molar-refractivity contribution in [3.8, 4) is 11.5 Å². The maximum atomic E-state index is 9.63. The first-order valence-electron chi connectivity index (χ1n) is 11.2. The Morgan fingerprint density at radius 1 is 0.750 bits per heavy atom. The van der Waals surface area contributed by atoms with Crippen molar-refractivity contribution in [2.45, 2.75) is 31.5 Å². The maximum absolute atomic E-state index is 9.63. The molecule has 5 heteroatoms. The zero-order valence-corrected chi connectivity index (χ0v) is 19.0. The highest BCUT2D eigenvalue weighted by Gasteiger charge is 2.19. The summed E-state index contributed by atoms with van der Waals surface area (Å²) >= 11 is 0. The third kappa shape index (κ3) is 7.68. The van der Waals surface area contributed by atoms with E-state index < -0.39 is 0 Å². The summed E-state index contributed by atoms with van der Waals surface area (Å²) in [4.78, 5) is 2.41. The number of phenolic OH excluding ortho intramolecular Hbond substituents is 2. The summed E-state index contributed by atoms with van der Waals surface area (Å²) in [6.07, 6.45) is 1.79. The fourth-order valence-corrected chi connectivity index (χ4v) is 3.94. The normalized spacial score (nSPS) is 13.2. The molecule has 0 spiro atoms. The van der Waals surface area contributed by atoms with Crippen molar-refractivity contribution in [3.63, 3.8) is 0 Å². The number of likely N-dealkylation sites (N-methyl/N-ethyl adjacent to an activating group) is 2. The molecule has 3 aromatic rings. The van der Waals surface area contributed by atoms with Crippen LogP contribution in [0, 0.1) is 0 Å². The first-order chi connectivity index (χ1) is 15.5. The smallest absolute Gasteiger partial charge is 0.115 e. The molecule has 3 rings (SSSR count). The lowest BCUT2D eigenvalue weighted by Crippen LogP contribution is -2.47. The molecule has 5 nitrogen and oxygen atoms in total. The van der Waals surface area contributed by atoms with Crippen LogP contribution in [0.1, 0.15) is 16.7 Å². The molecule has 32 heavy (non-hydrogen) atoms. The van der Waals surface area contributed by atoms with E-state index in [9.17, 15) is 10.2 Å². The van der Waals surface area contributed by atoms with Gasteiger partial charge in [-0.3, -0.25) is 0 Å². The van der Waals surface area contributed by atoms with Crippen molar-refractivity contribution in [2.75, 3.05) is 27.2 Å². The van der Waals surface area contributed by atoms with Crippen molar-refractivity contribution in [2.24, 2.45) is 0 Å². The maximum Gasteiger partial charge on any atom is 0.115 e. The average Bonchev–Trinajstić information content (AvgIpc) is 2.81. The number of phenols is 2. The highest BCUT2D eigenvalue weighted by molar-refractivity contribution is 5.27. The molecule has 0 saturated heterocycles. The monoisotopic (exact) mass is 433 g/mol. The molecule has 170 valence electrons. The highest BCUT2D eigenvalue weighted by Crippen LogP contribution is 2.15. The summed E-state index contributed by atoms with van der Waals surface area (Å²) < 4.78 is 0. The molecule has 2 atom stereocenters. The summed E-state index contributed by atoms with van der Waals surface area (Å²) in [5.74, 6) is 0.593. The van der Waals surface area contributed by atoms with Crippen molar-refractivity contribution in [1.29, 1.82) is 0 Å². The quantitative estimate of drug-likeness (QED) is 0.352. The zero-order chi connectivity index (χ0) is 22.8. The van der Waals surface area contributed by atoms with Gasteiger partial charge in [0.2, 0.25) is 0 Å². The lowest BCUT2D eigenvalue weighted by molar-refractivity contribution is 0.211. The summed E-state index contributed by atoms with van der Waals surface area (Å²) in [5, 5.41) is 26.2. The van der Waals surface area contributed by atoms with E-state index in [1.54, 1.807) is 24.3 Å². The van der Waals surface area contributed by atoms with Gasteiger partial charge in [-0.25, -0.2) is 0 Å². The van der Waals surface area contributed by atoms with E-state index in [1.165, 1.54) is 16.7 Å². The molecule has 0 fully saturated rings. The van der Waals surface area contributed by atoms with Crippen LogP contribution in [0.4, 0.5) is 0 Å². The van der Waals surface area contributed by atoms with Crippen LogP contribution in [0.3, 0.4) is 0 Å². The fraction of sp³-hybridized carbons (Fsp3) is 0.333. The van der Waals surface area contributed by atoms with Crippen LogP contribution < -0.4 is 10.6 Å². The Hall–Kier alpha value is -2.86. The second kappa shape index (κ2) is 12.2. The van der Waals surface area contributed by atoms with Crippen molar-refractivity contribution < 1.29 is 10.2 Å². The van der Waals surface area contributed by atoms with Crippen LogP contribution in [0.5, 0.6) is 11.5 Å². The molecular formula is C27H35N3O2. The molecule has 0 radical (unpaired) electrons. The number of nitrogens with one attached hydrogen (secondary N) is 2. The molecule has 3 aromatic carbocycles. The molecule has 4 N–H and O–H groups in total. The fourth-order valence-electron chi connectivity index (χ4n) is 3.94. The zero-order valence-electron chi connectivity index (χ0n) is 19.0. The predicted molar refractivity (Wildman–Crippen MR) is 131 cm³/mol. The summed E-state index contributed by atoms with van der Waals surface area (Å²) in [6.45, 7) is 2.60. The van der Waals surface area contributed by atoms with E-state index in [4.69, 9.17) is 0 Å². The lowest BCUT2D eigenvalue weighted by atomic mass is 10.0. The van der Waals surface area contributed by atoms with Crippen LogP contribution in [0.2, 0.25) is 0 Å². The number of hydrogen-bond acceptors (Lipinski definition) is 5. The molecule has 2 unspecified atom stereocenters. The van der Waals surface area contributed by atoms with E-state index in [0.29, 0.717) is 23.6 Å². The number of nitrogens with zero attached hydrogens (tertiary/aromatic N) is 1. The first kappa shape index (κ1) is 23.8. The Morgan fingerprint density at radius 2 is 1.31 bits per heavy atom. The Kier molecular flexibility index (Phi) is 9.11. The number of hydrogen-bond donors (Lipinski definition) is 4. The van der Waals surface area contributed by atoms with Crippen LogP contribution in [-0.4, -0.2) is 54.4 Å². The van der Waals surface area contributed by atoms with Crippen molar-refractivity contribution in [1.82, 2.24) is 15.5 Å². The van der Waals surface area contributed by atoms with Gasteiger partial charge in [0.25, 0.3) is 0 Å². The minimum absolute atomic E-state index is 0.293. The molecule has 0 aromatic heterocycles. The van der Waals surface area contributed by atoms with Crippen LogP contribution >= 0.6 is 0 Å². The van der Waals surface area contributed by atoms with Gasteiger partial charge in [0, 0.05) is 31.7 Å². The summed E-state index contributed by atoms with van der Waals surface area (Å²) in [5.41, 5.74) is 3.69. The van der Waals surface area contributed by atoms with E-state index in [1.807, 2.05) is 37.4 Å². The molecule has 0 heterocycles. The Bertz CT molecular complexity index is 914. The molecular weight excluding hydrogens is 398 g/mol. The van der Waals surface area contributed by atoms with Crippen LogP contribution in [0.15, 0.2) is 78.9 Å². The van der Waals surface area contributed by atoms with Crippen molar-refractivity contribution >= 4 is 0 Å². The van der Waals surface area contributed by atoms with Gasteiger partial charge in [-0.05, 0) is 67.9 Å². The molecule has 0 amide bonds. The Morgan fingerprint density at radius 3 is 1.88 bits per heavy atom. The van der Waals surface area contributed by atoms with Gasteiger partial charge in [-0.1, -0.05) is 54.6 Å². The largest absolute Gasteiger partial charge is 0.508 e. The predicted octanol–water partition coefficient (Wildman–Crippen LogP) is 3.56. The van der Waals surface area contributed by atoms with Gasteiger partial charge in [-0.2, -0.15) is 0 Å². The molecule has 0 saturated carbocycles. The van der Waals surface area contributed by atoms with E-state index >= 15 is 0 Å². The minimum Gasteiger partial charge on any atom is -0.508 e. The number of aromatic hydroxyl groups is 2. The summed E-state index contributed by atoms with van der Waals surface area (Å²) in [7, 11) is 4.18. The standard InChI is InChI=1S/C27H35N3O2/c1-28-24(16-21-8-12-26(31)13-9-21)20-30(2)25(17-22-10-14-27(32)15-11-22)19-29-18-23-6-4-3-5-7-23/h3-15,24-25,28-29,31-32H,16-20H2,1-2H3. The highest BCUT2D eigenvalue weighted by atomic mass is 16.3. The van der Waals surface area contributed by atoms with Gasteiger partial charge in [0.1, 0.15) is 11.5 Å². The topological polar surface area (TPSA) is 67.8 Å². The van der Waals surface area contributed by atoms with E-state index in [-0.39, 0.29) is 0 Å². The second-order valence-corrected chi connectivity index (χ2v) is 8.44. The van der Waals surface area contributed by atoms with Gasteiger partial charge >= 0.3 is 0 Å². The number of rotatable bonds is 12. The number of benzene rings is 3. The van der Waals surface area contributed by atoms with Gasteiger partial charge < -0.3 is 25.7 Å². The average molecular weight is 434 g/mol. The van der Waals surface area contributed by atoms with Gasteiger partial charge in [0.05, 0.1) is 0 Å². The van der Waals surface area contributed by atoms with Crippen LogP contribution in [0.25, 0.3) is 0 Å². The SMILES string of the molecule is CNC(Cc1ccc(O)cc1)CN(C)C(CNCc1ccccc1)Cc1ccc(O)cc1.